The molecule has 1 rings (SSSR count). The van der Waals surface area contributed by atoms with E-state index in [1.165, 1.54) is 18.2 Å². The molecular formula is C11H16N2O5S. The maximum atomic E-state index is 11.9. The van der Waals surface area contributed by atoms with E-state index in [-0.39, 0.29) is 17.0 Å². The SMILES string of the molecule is Cc1ccc(S(=O)(=O)NCC(O)CO)cc1C(N)=O. The van der Waals surface area contributed by atoms with Gasteiger partial charge in [-0.05, 0) is 24.6 Å². The molecule has 5 N–H and O–H groups in total. The van der Waals surface area contributed by atoms with Crippen molar-refractivity contribution in [2.75, 3.05) is 13.2 Å². The molecule has 1 aromatic carbocycles. The monoisotopic (exact) mass is 288 g/mol. The average Bonchev–Trinajstić information content (AvgIpc) is 2.35. The number of nitrogens with two attached hydrogens (primary N) is 1. The van der Waals surface area contributed by atoms with Crippen LogP contribution in [0.2, 0.25) is 0 Å². The van der Waals surface area contributed by atoms with Gasteiger partial charge in [-0.2, -0.15) is 0 Å². The molecule has 8 heteroatoms. The number of primary amides is 1. The number of carbonyl (C=O) groups is 1. The highest BCUT2D eigenvalue weighted by Gasteiger charge is 2.18. The van der Waals surface area contributed by atoms with Crippen molar-refractivity contribution >= 4 is 15.9 Å². The maximum Gasteiger partial charge on any atom is 0.249 e. The molecule has 1 unspecified atom stereocenters. The van der Waals surface area contributed by atoms with Crippen LogP contribution in [0.3, 0.4) is 0 Å². The number of benzene rings is 1. The molecule has 1 amide bonds. The van der Waals surface area contributed by atoms with Crippen molar-refractivity contribution in [2.24, 2.45) is 5.73 Å². The summed E-state index contributed by atoms with van der Waals surface area (Å²) in [5, 5.41) is 17.7. The number of amides is 1. The first kappa shape index (κ1) is 15.6. The fourth-order valence-corrected chi connectivity index (χ4v) is 2.49. The Hall–Kier alpha value is -1.48. The number of sulfonamides is 1. The number of rotatable bonds is 6. The van der Waals surface area contributed by atoms with Gasteiger partial charge in [0.15, 0.2) is 0 Å². The highest BCUT2D eigenvalue weighted by molar-refractivity contribution is 7.89. The van der Waals surface area contributed by atoms with E-state index in [0.717, 1.165) is 0 Å². The summed E-state index contributed by atoms with van der Waals surface area (Å²) in [6, 6.07) is 3.97. The zero-order chi connectivity index (χ0) is 14.6. The molecule has 0 radical (unpaired) electrons. The van der Waals surface area contributed by atoms with Gasteiger partial charge in [0.2, 0.25) is 15.9 Å². The minimum Gasteiger partial charge on any atom is -0.394 e. The topological polar surface area (TPSA) is 130 Å². The Morgan fingerprint density at radius 3 is 2.63 bits per heavy atom. The smallest absolute Gasteiger partial charge is 0.249 e. The Balaban J connectivity index is 3.02. The fourth-order valence-electron chi connectivity index (χ4n) is 1.39. The number of aryl methyl sites for hydroxylation is 1. The largest absolute Gasteiger partial charge is 0.394 e. The first-order valence-electron chi connectivity index (χ1n) is 5.47. The fraction of sp³-hybridized carbons (Fsp3) is 0.364. The van der Waals surface area contributed by atoms with Gasteiger partial charge in [-0.15, -0.1) is 0 Å². The molecular weight excluding hydrogens is 272 g/mol. The van der Waals surface area contributed by atoms with Gasteiger partial charge in [-0.1, -0.05) is 6.07 Å². The van der Waals surface area contributed by atoms with E-state index in [1.807, 2.05) is 0 Å². The number of nitrogens with one attached hydrogen (secondary N) is 1. The third kappa shape index (κ3) is 4.00. The molecule has 1 aromatic rings. The molecule has 1 atom stereocenters. The molecule has 0 aliphatic rings. The van der Waals surface area contributed by atoms with Gasteiger partial charge in [0.1, 0.15) is 0 Å². The van der Waals surface area contributed by atoms with E-state index in [1.54, 1.807) is 6.92 Å². The maximum absolute atomic E-state index is 11.9. The van der Waals surface area contributed by atoms with Crippen molar-refractivity contribution in [3.63, 3.8) is 0 Å². The highest BCUT2D eigenvalue weighted by atomic mass is 32.2. The summed E-state index contributed by atoms with van der Waals surface area (Å²) in [7, 11) is -3.87. The van der Waals surface area contributed by atoms with Crippen molar-refractivity contribution in [3.8, 4) is 0 Å². The van der Waals surface area contributed by atoms with E-state index < -0.39 is 28.6 Å². The molecule has 0 aliphatic heterocycles. The number of carbonyl (C=O) groups excluding carboxylic acids is 1. The number of hydrogen-bond acceptors (Lipinski definition) is 5. The molecule has 19 heavy (non-hydrogen) atoms. The molecule has 0 saturated carbocycles. The third-order valence-corrected chi connectivity index (χ3v) is 3.93. The van der Waals surface area contributed by atoms with Crippen LogP contribution in [0.25, 0.3) is 0 Å². The van der Waals surface area contributed by atoms with Gasteiger partial charge in [-0.25, -0.2) is 13.1 Å². The van der Waals surface area contributed by atoms with Crippen molar-refractivity contribution in [1.82, 2.24) is 4.72 Å². The summed E-state index contributed by atoms with van der Waals surface area (Å²) in [4.78, 5) is 11.0. The standard InChI is InChI=1S/C11H16N2O5S/c1-7-2-3-9(4-10(7)11(12)16)19(17,18)13-5-8(15)6-14/h2-4,8,13-15H,5-6H2,1H3,(H2,12,16). The summed E-state index contributed by atoms with van der Waals surface area (Å²) < 4.78 is 25.9. The van der Waals surface area contributed by atoms with E-state index in [0.29, 0.717) is 5.56 Å². The molecule has 106 valence electrons. The molecule has 0 bridgehead atoms. The Labute approximate surface area is 111 Å². The number of hydrogen-bond donors (Lipinski definition) is 4. The molecule has 0 heterocycles. The quantitative estimate of drug-likeness (QED) is 0.518. The van der Waals surface area contributed by atoms with Crippen LogP contribution in [0.4, 0.5) is 0 Å². The van der Waals surface area contributed by atoms with E-state index in [2.05, 4.69) is 4.72 Å². The third-order valence-electron chi connectivity index (χ3n) is 2.50. The van der Waals surface area contributed by atoms with Crippen LogP contribution in [-0.2, 0) is 10.0 Å². The Bertz CT molecular complexity index is 570. The van der Waals surface area contributed by atoms with Gasteiger partial charge < -0.3 is 15.9 Å². The van der Waals surface area contributed by atoms with Crippen molar-refractivity contribution in [3.05, 3.63) is 29.3 Å². The van der Waals surface area contributed by atoms with E-state index >= 15 is 0 Å². The normalized spacial score (nSPS) is 13.2. The zero-order valence-electron chi connectivity index (χ0n) is 10.3. The predicted octanol–water partition coefficient (Wildman–Crippen LogP) is -1.27. The lowest BCUT2D eigenvalue weighted by Crippen LogP contribution is -2.34. The molecule has 0 fully saturated rings. The van der Waals surface area contributed by atoms with Gasteiger partial charge in [0.25, 0.3) is 0 Å². The summed E-state index contributed by atoms with van der Waals surface area (Å²) in [6.45, 7) is 0.765. The van der Waals surface area contributed by atoms with Crippen LogP contribution in [0.15, 0.2) is 23.1 Å². The number of aliphatic hydroxyl groups is 2. The minimum absolute atomic E-state index is 0.116. The van der Waals surface area contributed by atoms with Crippen LogP contribution in [-0.4, -0.2) is 43.8 Å². The van der Waals surface area contributed by atoms with Gasteiger partial charge in [-0.3, -0.25) is 4.79 Å². The Morgan fingerprint density at radius 1 is 1.47 bits per heavy atom. The van der Waals surface area contributed by atoms with E-state index in [4.69, 9.17) is 15.9 Å². The van der Waals surface area contributed by atoms with Crippen molar-refractivity contribution in [2.45, 2.75) is 17.9 Å². The summed E-state index contributed by atoms with van der Waals surface area (Å²) in [5.41, 5.74) is 5.83. The minimum atomic E-state index is -3.87. The first-order chi connectivity index (χ1) is 8.77. The summed E-state index contributed by atoms with van der Waals surface area (Å²) in [6.07, 6.45) is -1.18. The van der Waals surface area contributed by atoms with Gasteiger partial charge >= 0.3 is 0 Å². The summed E-state index contributed by atoms with van der Waals surface area (Å²) in [5.74, 6) is -0.718. The Kier molecular flexibility index (Phi) is 5.01. The average molecular weight is 288 g/mol. The zero-order valence-corrected chi connectivity index (χ0v) is 11.1. The lowest BCUT2D eigenvalue weighted by Gasteiger charge is -2.11. The second-order valence-corrected chi connectivity index (χ2v) is 5.80. The van der Waals surface area contributed by atoms with Crippen LogP contribution in [0, 0.1) is 6.92 Å². The van der Waals surface area contributed by atoms with Crippen LogP contribution in [0.1, 0.15) is 15.9 Å². The second-order valence-electron chi connectivity index (χ2n) is 4.03. The lowest BCUT2D eigenvalue weighted by atomic mass is 10.1. The highest BCUT2D eigenvalue weighted by Crippen LogP contribution is 2.15. The van der Waals surface area contributed by atoms with Crippen molar-refractivity contribution in [1.29, 1.82) is 0 Å². The van der Waals surface area contributed by atoms with Gasteiger partial charge in [0, 0.05) is 12.1 Å². The number of aliphatic hydroxyl groups excluding tert-OH is 2. The van der Waals surface area contributed by atoms with Crippen LogP contribution in [0.5, 0.6) is 0 Å². The lowest BCUT2D eigenvalue weighted by molar-refractivity contribution is 0.0988. The van der Waals surface area contributed by atoms with Crippen molar-refractivity contribution < 1.29 is 23.4 Å². The van der Waals surface area contributed by atoms with Crippen LogP contribution >= 0.6 is 0 Å². The molecule has 0 aliphatic carbocycles. The van der Waals surface area contributed by atoms with E-state index in [9.17, 15) is 13.2 Å². The second kappa shape index (κ2) is 6.11. The summed E-state index contributed by atoms with van der Waals surface area (Å²) >= 11 is 0. The first-order valence-corrected chi connectivity index (χ1v) is 6.95. The predicted molar refractivity (Wildman–Crippen MR) is 68.0 cm³/mol. The molecule has 0 aromatic heterocycles. The molecule has 0 saturated heterocycles. The molecule has 7 nitrogen and oxygen atoms in total. The van der Waals surface area contributed by atoms with Crippen LogP contribution < -0.4 is 10.5 Å². The van der Waals surface area contributed by atoms with Gasteiger partial charge in [0.05, 0.1) is 17.6 Å². The molecule has 0 spiro atoms. The Morgan fingerprint density at radius 2 is 2.11 bits per heavy atom.